The smallest absolute Gasteiger partial charge is 0.167 e. The molecule has 20 heavy (non-hydrogen) atoms. The summed E-state index contributed by atoms with van der Waals surface area (Å²) in [5.74, 6) is -0.988. The lowest BCUT2D eigenvalue weighted by Gasteiger charge is -2.33. The fourth-order valence-corrected chi connectivity index (χ4v) is 2.89. The average molecular weight is 279 g/mol. The highest BCUT2D eigenvalue weighted by molar-refractivity contribution is 5.25. The molecular weight excluding hydrogens is 260 g/mol. The summed E-state index contributed by atoms with van der Waals surface area (Å²) >= 11 is 0. The molecule has 0 amide bonds. The molecule has 3 atom stereocenters. The van der Waals surface area contributed by atoms with Gasteiger partial charge in [-0.05, 0) is 37.3 Å². The summed E-state index contributed by atoms with van der Waals surface area (Å²) in [6.07, 6.45) is 4.48. The lowest BCUT2D eigenvalue weighted by Crippen LogP contribution is -2.33. The van der Waals surface area contributed by atoms with Crippen molar-refractivity contribution in [2.75, 3.05) is 0 Å². The van der Waals surface area contributed by atoms with Gasteiger partial charge in [0, 0.05) is 6.07 Å². The molecule has 108 valence electrons. The molecule has 1 aromatic carbocycles. The van der Waals surface area contributed by atoms with E-state index in [0.29, 0.717) is 5.92 Å². The predicted octanol–water partition coefficient (Wildman–Crippen LogP) is 4.45. The van der Waals surface area contributed by atoms with Crippen LogP contribution in [-0.2, 0) is 0 Å². The zero-order valence-electron chi connectivity index (χ0n) is 11.6. The molecule has 0 spiro atoms. The Balaban J connectivity index is 2.09. The minimum Gasteiger partial charge on any atom is -0.486 e. The number of nitrogens with zero attached hydrogens (tertiary/aromatic N) is 1. The largest absolute Gasteiger partial charge is 0.486 e. The Morgan fingerprint density at radius 3 is 2.80 bits per heavy atom. The second kappa shape index (κ2) is 6.69. The van der Waals surface area contributed by atoms with E-state index >= 15 is 0 Å². The second-order valence-corrected chi connectivity index (χ2v) is 5.43. The summed E-state index contributed by atoms with van der Waals surface area (Å²) in [7, 11) is 0. The van der Waals surface area contributed by atoms with Crippen LogP contribution in [0.25, 0.3) is 0 Å². The van der Waals surface area contributed by atoms with Crippen LogP contribution in [0.1, 0.15) is 39.0 Å². The quantitative estimate of drug-likeness (QED) is 0.815. The van der Waals surface area contributed by atoms with E-state index in [2.05, 4.69) is 13.0 Å². The zero-order chi connectivity index (χ0) is 14.5. The molecule has 4 heteroatoms. The minimum absolute atomic E-state index is 0.0359. The van der Waals surface area contributed by atoms with Crippen molar-refractivity contribution in [1.29, 1.82) is 5.26 Å². The van der Waals surface area contributed by atoms with Gasteiger partial charge in [-0.15, -0.1) is 0 Å². The Bertz CT molecular complexity index is 498. The van der Waals surface area contributed by atoms with Gasteiger partial charge in [0.2, 0.25) is 0 Å². The van der Waals surface area contributed by atoms with E-state index in [-0.39, 0.29) is 17.8 Å². The van der Waals surface area contributed by atoms with Crippen LogP contribution in [-0.4, -0.2) is 6.10 Å². The number of ether oxygens (including phenoxy) is 1. The van der Waals surface area contributed by atoms with E-state index in [1.165, 1.54) is 12.1 Å². The molecule has 0 heterocycles. The molecule has 3 unspecified atom stereocenters. The Morgan fingerprint density at radius 2 is 2.15 bits per heavy atom. The number of hydrogen-bond donors (Lipinski definition) is 0. The van der Waals surface area contributed by atoms with Gasteiger partial charge in [0.25, 0.3) is 0 Å². The summed E-state index contributed by atoms with van der Waals surface area (Å²) in [4.78, 5) is 0. The van der Waals surface area contributed by atoms with Gasteiger partial charge in [-0.1, -0.05) is 19.8 Å². The third-order valence-electron chi connectivity index (χ3n) is 3.94. The van der Waals surface area contributed by atoms with Crippen LogP contribution in [0, 0.1) is 34.8 Å². The van der Waals surface area contributed by atoms with Crippen LogP contribution in [0.3, 0.4) is 0 Å². The number of benzene rings is 1. The highest BCUT2D eigenvalue weighted by Crippen LogP contribution is 2.34. The Hall–Kier alpha value is -1.63. The molecule has 1 aliphatic carbocycles. The Morgan fingerprint density at radius 1 is 1.35 bits per heavy atom. The molecule has 0 saturated heterocycles. The zero-order valence-corrected chi connectivity index (χ0v) is 11.6. The maximum absolute atomic E-state index is 13.6. The lowest BCUT2D eigenvalue weighted by molar-refractivity contribution is 0.0836. The molecule has 1 fully saturated rings. The maximum Gasteiger partial charge on any atom is 0.167 e. The van der Waals surface area contributed by atoms with Gasteiger partial charge < -0.3 is 4.74 Å². The van der Waals surface area contributed by atoms with Crippen LogP contribution in [0.2, 0.25) is 0 Å². The van der Waals surface area contributed by atoms with Gasteiger partial charge in [0.1, 0.15) is 11.9 Å². The molecule has 1 saturated carbocycles. The Labute approximate surface area is 118 Å². The lowest BCUT2D eigenvalue weighted by atomic mass is 9.78. The van der Waals surface area contributed by atoms with E-state index < -0.39 is 11.6 Å². The van der Waals surface area contributed by atoms with E-state index in [9.17, 15) is 14.0 Å². The summed E-state index contributed by atoms with van der Waals surface area (Å²) in [6.45, 7) is 2.13. The molecule has 0 aromatic heterocycles. The van der Waals surface area contributed by atoms with Crippen LogP contribution in [0.5, 0.6) is 5.75 Å². The third kappa shape index (κ3) is 3.47. The average Bonchev–Trinajstić information content (AvgIpc) is 2.43. The minimum atomic E-state index is -0.709. The van der Waals surface area contributed by atoms with Crippen molar-refractivity contribution in [2.24, 2.45) is 11.8 Å². The molecule has 0 radical (unpaired) electrons. The first-order chi connectivity index (χ1) is 9.63. The highest BCUT2D eigenvalue weighted by Gasteiger charge is 2.32. The first-order valence-corrected chi connectivity index (χ1v) is 7.15. The van der Waals surface area contributed by atoms with Crippen molar-refractivity contribution in [2.45, 2.75) is 45.1 Å². The number of halogens is 2. The maximum atomic E-state index is 13.6. The van der Waals surface area contributed by atoms with E-state index in [0.717, 1.165) is 38.2 Å². The summed E-state index contributed by atoms with van der Waals surface area (Å²) in [5.41, 5.74) is 0. The fourth-order valence-electron chi connectivity index (χ4n) is 2.89. The van der Waals surface area contributed by atoms with Gasteiger partial charge >= 0.3 is 0 Å². The molecule has 0 aliphatic heterocycles. The molecule has 0 N–H and O–H groups in total. The SMILES string of the molecule is CCCC1CCC(C#N)C(Oc2ccc(F)cc2F)C1. The number of hydrogen-bond acceptors (Lipinski definition) is 2. The van der Waals surface area contributed by atoms with Crippen LogP contribution >= 0.6 is 0 Å². The van der Waals surface area contributed by atoms with Gasteiger partial charge in [0.15, 0.2) is 11.6 Å². The second-order valence-electron chi connectivity index (χ2n) is 5.43. The van der Waals surface area contributed by atoms with Gasteiger partial charge in [0.05, 0.1) is 12.0 Å². The van der Waals surface area contributed by atoms with Gasteiger partial charge in [-0.3, -0.25) is 0 Å². The van der Waals surface area contributed by atoms with Crippen LogP contribution in [0.15, 0.2) is 18.2 Å². The summed E-state index contributed by atoms with van der Waals surface area (Å²) < 4.78 is 32.2. The molecule has 1 aromatic rings. The monoisotopic (exact) mass is 279 g/mol. The van der Waals surface area contributed by atoms with E-state index in [1.54, 1.807) is 0 Å². The number of rotatable bonds is 4. The van der Waals surface area contributed by atoms with Gasteiger partial charge in [-0.25, -0.2) is 8.78 Å². The predicted molar refractivity (Wildman–Crippen MR) is 72.1 cm³/mol. The first-order valence-electron chi connectivity index (χ1n) is 7.15. The van der Waals surface area contributed by atoms with Crippen LogP contribution < -0.4 is 4.74 Å². The fraction of sp³-hybridized carbons (Fsp3) is 0.562. The Kier molecular flexibility index (Phi) is 4.94. The van der Waals surface area contributed by atoms with Crippen molar-refractivity contribution in [3.8, 4) is 11.8 Å². The van der Waals surface area contributed by atoms with Crippen LogP contribution in [0.4, 0.5) is 8.78 Å². The van der Waals surface area contributed by atoms with E-state index in [4.69, 9.17) is 4.74 Å². The van der Waals surface area contributed by atoms with E-state index in [1.807, 2.05) is 0 Å². The molecular formula is C16H19F2NO. The first kappa shape index (κ1) is 14.8. The third-order valence-corrected chi connectivity index (χ3v) is 3.94. The van der Waals surface area contributed by atoms with Crippen molar-refractivity contribution in [3.05, 3.63) is 29.8 Å². The number of nitriles is 1. The topological polar surface area (TPSA) is 33.0 Å². The molecule has 1 aliphatic rings. The van der Waals surface area contributed by atoms with Crippen molar-refractivity contribution in [3.63, 3.8) is 0 Å². The highest BCUT2D eigenvalue weighted by atomic mass is 19.1. The van der Waals surface area contributed by atoms with Gasteiger partial charge in [-0.2, -0.15) is 5.26 Å². The molecule has 2 rings (SSSR count). The summed E-state index contributed by atoms with van der Waals surface area (Å²) in [6, 6.07) is 5.52. The summed E-state index contributed by atoms with van der Waals surface area (Å²) in [5, 5.41) is 9.19. The molecule has 0 bridgehead atoms. The van der Waals surface area contributed by atoms with Crippen molar-refractivity contribution in [1.82, 2.24) is 0 Å². The molecule has 2 nitrogen and oxygen atoms in total. The standard InChI is InChI=1S/C16H19F2NO/c1-2-3-11-4-5-12(10-19)16(8-11)20-15-7-6-13(17)9-14(15)18/h6-7,9,11-12,16H,2-5,8H2,1H3. The normalized spacial score (nSPS) is 26.0. The van der Waals surface area contributed by atoms with Crippen molar-refractivity contribution >= 4 is 0 Å². The van der Waals surface area contributed by atoms with Crippen molar-refractivity contribution < 1.29 is 13.5 Å².